The van der Waals surface area contributed by atoms with Crippen molar-refractivity contribution in [1.29, 1.82) is 0 Å². The van der Waals surface area contributed by atoms with Crippen molar-refractivity contribution in [3.8, 4) is 28.6 Å². The molecule has 11 heteroatoms. The predicted octanol–water partition coefficient (Wildman–Crippen LogP) is 16.2. The molecule has 16 aromatic rings. The number of rotatable bonds is 4. The van der Waals surface area contributed by atoms with E-state index in [1.165, 1.54) is 27.1 Å². The summed E-state index contributed by atoms with van der Waals surface area (Å²) in [6, 6.07) is 69.8. The summed E-state index contributed by atoms with van der Waals surface area (Å²) in [6.07, 6.45) is 11.3. The highest BCUT2D eigenvalue weighted by atomic mass is 79.9. The molecule has 0 aliphatic heterocycles. The minimum atomic E-state index is 0.266. The summed E-state index contributed by atoms with van der Waals surface area (Å²) in [5, 5.41) is 21.1. The zero-order chi connectivity index (χ0) is 50.0. The van der Waals surface area contributed by atoms with Crippen LogP contribution >= 0.6 is 15.9 Å². The average Bonchev–Trinajstić information content (AvgIpc) is 4.32. The van der Waals surface area contributed by atoms with Gasteiger partial charge in [0.15, 0.2) is 0 Å². The summed E-state index contributed by atoms with van der Waals surface area (Å²) in [5.74, 6) is 1.80. The first kappa shape index (κ1) is 43.9. The molecule has 75 heavy (non-hydrogen) atoms. The van der Waals surface area contributed by atoms with Crippen molar-refractivity contribution in [2.45, 2.75) is 0 Å². The Balaban J connectivity index is 0.000000114. The maximum absolute atomic E-state index is 9.66. The maximum atomic E-state index is 9.66. The van der Waals surface area contributed by atoms with Gasteiger partial charge in [0.05, 0.1) is 27.8 Å². The van der Waals surface area contributed by atoms with Gasteiger partial charge in [0, 0.05) is 96.5 Å². The summed E-state index contributed by atoms with van der Waals surface area (Å²) in [4.78, 5) is 18.3. The molecule has 16 rings (SSSR count). The average molecular weight is 1030 g/mol. The Morgan fingerprint density at radius 1 is 0.333 bits per heavy atom. The number of hydrogen-bond acceptors (Lipinski definition) is 6. The molecule has 0 radical (unpaired) electrons. The van der Waals surface area contributed by atoms with Crippen molar-refractivity contribution >= 4 is 114 Å². The van der Waals surface area contributed by atoms with E-state index >= 15 is 0 Å². The highest BCUT2D eigenvalue weighted by molar-refractivity contribution is 9.10. The summed E-state index contributed by atoms with van der Waals surface area (Å²) >= 11 is 3.54. The van der Waals surface area contributed by atoms with E-state index in [-0.39, 0.29) is 5.75 Å². The number of hydrogen-bond donors (Lipinski definition) is 1. The molecule has 0 aliphatic rings. The van der Waals surface area contributed by atoms with E-state index in [0.29, 0.717) is 0 Å². The second kappa shape index (κ2) is 18.0. The van der Waals surface area contributed by atoms with Gasteiger partial charge in [-0.15, -0.1) is 0 Å². The zero-order valence-corrected chi connectivity index (χ0v) is 41.5. The number of benzene rings is 8. The molecule has 10 nitrogen and oxygen atoms in total. The van der Waals surface area contributed by atoms with E-state index in [0.717, 1.165) is 98.8 Å². The van der Waals surface area contributed by atoms with Crippen molar-refractivity contribution in [2.24, 2.45) is 0 Å². The minimum Gasteiger partial charge on any atom is -0.508 e. The van der Waals surface area contributed by atoms with Gasteiger partial charge in [0.1, 0.15) is 39.8 Å². The van der Waals surface area contributed by atoms with Crippen molar-refractivity contribution in [1.82, 2.24) is 37.9 Å². The SMILES string of the molecule is Brc1cccc(-n2c3ccccc3c3cccnc32)c1.Oc1ccc2c3ccccc3n3ccnc3c2c1.c1cc(Oc2ccc3c4ccccc4n4ccnc4c3c2)cc(-n2c3ccccc3c3cccnc32)c1. The molecular weight excluding hydrogens is 993 g/mol. The first-order valence-electron chi connectivity index (χ1n) is 24.5. The zero-order valence-electron chi connectivity index (χ0n) is 39.9. The van der Waals surface area contributed by atoms with Crippen LogP contribution in [0.2, 0.25) is 0 Å². The molecule has 0 aliphatic carbocycles. The molecule has 0 amide bonds. The lowest BCUT2D eigenvalue weighted by Crippen LogP contribution is -1.96. The summed E-state index contributed by atoms with van der Waals surface area (Å²) in [6.45, 7) is 0. The molecule has 0 atom stereocenters. The molecular formula is C64H41BrN8O2. The van der Waals surface area contributed by atoms with Crippen LogP contribution in [0, 0.1) is 0 Å². The molecule has 0 unspecified atom stereocenters. The number of nitrogens with zero attached hydrogens (tertiary/aromatic N) is 8. The number of fused-ring (bicyclic) bond motifs is 18. The van der Waals surface area contributed by atoms with Gasteiger partial charge in [-0.05, 0) is 126 Å². The van der Waals surface area contributed by atoms with Gasteiger partial charge in [0.25, 0.3) is 0 Å². The molecule has 0 spiro atoms. The second-order valence-corrected chi connectivity index (χ2v) is 19.2. The number of halogens is 1. The van der Waals surface area contributed by atoms with E-state index in [4.69, 9.17) is 9.72 Å². The Morgan fingerprint density at radius 3 is 1.36 bits per heavy atom. The standard InChI is InChI=1S/C32H20N4O.C17H11BrN2.C15H10N2O/c1-3-12-29-25(9-1)24-15-14-23(20-28(24)31-34-17-18-35(29)31)37-22-8-5-7-21(19-22)36-30-13-4-2-10-26(30)27-11-6-16-33-32(27)36;18-12-5-3-6-13(11-12)20-16-9-2-1-7-14(16)15-8-4-10-19-17(15)20;18-10-5-6-11-12-3-1-2-4-14(12)17-8-7-16-15(17)13(11)9-10/h1-20H;1-11H;1-9,18H. The normalized spacial score (nSPS) is 11.6. The Bertz CT molecular complexity index is 4770. The molecule has 0 bridgehead atoms. The van der Waals surface area contributed by atoms with Gasteiger partial charge < -0.3 is 9.84 Å². The molecule has 8 aromatic carbocycles. The molecule has 8 aromatic heterocycles. The van der Waals surface area contributed by atoms with Crippen LogP contribution in [0.4, 0.5) is 0 Å². The number of pyridine rings is 4. The molecule has 8 heterocycles. The van der Waals surface area contributed by atoms with Crippen molar-refractivity contribution < 1.29 is 9.84 Å². The van der Waals surface area contributed by atoms with Gasteiger partial charge in [-0.3, -0.25) is 17.9 Å². The largest absolute Gasteiger partial charge is 0.508 e. The summed E-state index contributed by atoms with van der Waals surface area (Å²) in [7, 11) is 0. The molecule has 356 valence electrons. The molecule has 1 N–H and O–H groups in total. The lowest BCUT2D eigenvalue weighted by molar-refractivity contribution is 0.476. The smallest absolute Gasteiger partial charge is 0.145 e. The van der Waals surface area contributed by atoms with Crippen LogP contribution < -0.4 is 4.74 Å². The first-order chi connectivity index (χ1) is 37.0. The van der Waals surface area contributed by atoms with Gasteiger partial charge in [-0.2, -0.15) is 0 Å². The highest BCUT2D eigenvalue weighted by Gasteiger charge is 2.16. The van der Waals surface area contributed by atoms with E-state index in [1.54, 1.807) is 18.3 Å². The highest BCUT2D eigenvalue weighted by Crippen LogP contribution is 2.37. The lowest BCUT2D eigenvalue weighted by atomic mass is 10.1. The fourth-order valence-electron chi connectivity index (χ4n) is 10.7. The fraction of sp³-hybridized carbons (Fsp3) is 0. The number of ether oxygens (including phenoxy) is 1. The molecule has 0 saturated carbocycles. The third kappa shape index (κ3) is 7.47. The third-order valence-electron chi connectivity index (χ3n) is 13.9. The Kier molecular flexibility index (Phi) is 10.6. The predicted molar refractivity (Wildman–Crippen MR) is 307 cm³/mol. The van der Waals surface area contributed by atoms with Crippen molar-refractivity contribution in [3.05, 3.63) is 248 Å². The number of phenolic OH excluding ortho intramolecular Hbond substituents is 1. The van der Waals surface area contributed by atoms with Crippen LogP contribution in [-0.4, -0.2) is 43.0 Å². The van der Waals surface area contributed by atoms with Crippen LogP contribution in [0.15, 0.2) is 248 Å². The molecule has 0 fully saturated rings. The quantitative estimate of drug-likeness (QED) is 0.176. The van der Waals surface area contributed by atoms with Gasteiger partial charge in [-0.25, -0.2) is 19.9 Å². The topological polar surface area (TPSA) is 99.7 Å². The Morgan fingerprint density at radius 2 is 0.787 bits per heavy atom. The maximum Gasteiger partial charge on any atom is 0.145 e. The fourth-order valence-corrected chi connectivity index (χ4v) is 11.1. The first-order valence-corrected chi connectivity index (χ1v) is 25.3. The third-order valence-corrected chi connectivity index (χ3v) is 14.4. The van der Waals surface area contributed by atoms with Crippen LogP contribution in [0.5, 0.6) is 17.2 Å². The van der Waals surface area contributed by atoms with E-state index in [2.05, 4.69) is 182 Å². The number of aromatic nitrogens is 8. The lowest BCUT2D eigenvalue weighted by Gasteiger charge is -2.12. The summed E-state index contributed by atoms with van der Waals surface area (Å²) in [5.41, 5.74) is 10.4. The number of para-hydroxylation sites is 4. The van der Waals surface area contributed by atoms with Gasteiger partial charge in [0.2, 0.25) is 0 Å². The number of imidazole rings is 2. The van der Waals surface area contributed by atoms with Crippen LogP contribution in [0.1, 0.15) is 0 Å². The Labute approximate surface area is 436 Å². The van der Waals surface area contributed by atoms with E-state index in [9.17, 15) is 5.11 Å². The molecule has 0 saturated heterocycles. The number of aromatic hydroxyl groups is 1. The monoisotopic (exact) mass is 1030 g/mol. The summed E-state index contributed by atoms with van der Waals surface area (Å²) < 4.78 is 16.1. The number of phenols is 1. The minimum absolute atomic E-state index is 0.266. The van der Waals surface area contributed by atoms with E-state index < -0.39 is 0 Å². The van der Waals surface area contributed by atoms with Gasteiger partial charge in [-0.1, -0.05) is 101 Å². The van der Waals surface area contributed by atoms with Crippen LogP contribution in [-0.2, 0) is 0 Å². The van der Waals surface area contributed by atoms with Crippen LogP contribution in [0.25, 0.3) is 110 Å². The second-order valence-electron chi connectivity index (χ2n) is 18.2. The Hall–Kier alpha value is -9.84. The van der Waals surface area contributed by atoms with Crippen molar-refractivity contribution in [3.63, 3.8) is 0 Å². The van der Waals surface area contributed by atoms with Crippen LogP contribution in [0.3, 0.4) is 0 Å². The van der Waals surface area contributed by atoms with E-state index in [1.807, 2.05) is 91.6 Å². The van der Waals surface area contributed by atoms with Crippen molar-refractivity contribution in [2.75, 3.05) is 0 Å². The van der Waals surface area contributed by atoms with Gasteiger partial charge >= 0.3 is 0 Å².